The average molecular weight is 293 g/mol. The Kier molecular flexibility index (Phi) is 7.14. The van der Waals surface area contributed by atoms with E-state index in [4.69, 9.17) is 10.5 Å². The van der Waals surface area contributed by atoms with Gasteiger partial charge in [-0.15, -0.1) is 0 Å². The van der Waals surface area contributed by atoms with Crippen LogP contribution in [0.1, 0.15) is 38.3 Å². The highest BCUT2D eigenvalue weighted by Gasteiger charge is 2.06. The van der Waals surface area contributed by atoms with Gasteiger partial charge >= 0.3 is 5.97 Å². The third kappa shape index (κ3) is 6.20. The Labute approximate surface area is 125 Å². The van der Waals surface area contributed by atoms with Crippen molar-refractivity contribution in [3.63, 3.8) is 0 Å². The summed E-state index contributed by atoms with van der Waals surface area (Å²) in [5.74, 6) is 0.639. The number of nitrogens with zero attached hydrogens (tertiary/aromatic N) is 3. The van der Waals surface area contributed by atoms with Gasteiger partial charge in [-0.25, -0.2) is 4.98 Å². The summed E-state index contributed by atoms with van der Waals surface area (Å²) < 4.78 is 4.86. The average Bonchev–Trinajstić information content (AvgIpc) is 2.43. The van der Waals surface area contributed by atoms with E-state index >= 15 is 0 Å². The molecule has 0 amide bonds. The number of nitrogens with two attached hydrogens (primary N) is 1. The van der Waals surface area contributed by atoms with Crippen molar-refractivity contribution in [2.75, 3.05) is 24.7 Å². The number of nitrogens with one attached hydrogen (secondary N) is 1. The maximum Gasteiger partial charge on any atom is 0.302 e. The molecule has 0 unspecified atom stereocenters. The van der Waals surface area contributed by atoms with Crippen LogP contribution in [0, 0.1) is 6.92 Å². The fourth-order valence-electron chi connectivity index (χ4n) is 1.75. The second-order valence-electron chi connectivity index (χ2n) is 4.62. The van der Waals surface area contributed by atoms with Crippen LogP contribution in [0.3, 0.4) is 0 Å². The van der Waals surface area contributed by atoms with Gasteiger partial charge in [0.2, 0.25) is 5.95 Å². The van der Waals surface area contributed by atoms with Crippen LogP contribution < -0.4 is 11.1 Å². The van der Waals surface area contributed by atoms with Gasteiger partial charge in [0.1, 0.15) is 5.69 Å². The monoisotopic (exact) mass is 293 g/mol. The SMILES string of the molecule is CNc1nc(C)c(N=CCCCCCOC(C)=O)c(N)n1. The molecular weight excluding hydrogens is 270 g/mol. The summed E-state index contributed by atoms with van der Waals surface area (Å²) in [7, 11) is 1.74. The van der Waals surface area contributed by atoms with E-state index in [9.17, 15) is 4.79 Å². The molecule has 7 nitrogen and oxygen atoms in total. The molecule has 0 aliphatic carbocycles. The van der Waals surface area contributed by atoms with Gasteiger partial charge in [-0.1, -0.05) is 0 Å². The lowest BCUT2D eigenvalue weighted by Crippen LogP contribution is -2.02. The van der Waals surface area contributed by atoms with Crippen molar-refractivity contribution in [3.8, 4) is 0 Å². The molecule has 0 aliphatic heterocycles. The fourth-order valence-corrected chi connectivity index (χ4v) is 1.75. The molecule has 1 aromatic heterocycles. The number of carbonyl (C=O) groups excluding carboxylic acids is 1. The number of anilines is 2. The van der Waals surface area contributed by atoms with Crippen molar-refractivity contribution in [2.24, 2.45) is 4.99 Å². The number of aromatic nitrogens is 2. The molecule has 1 heterocycles. The number of aryl methyl sites for hydroxylation is 1. The van der Waals surface area contributed by atoms with Crippen molar-refractivity contribution in [3.05, 3.63) is 5.69 Å². The molecule has 0 spiro atoms. The lowest BCUT2D eigenvalue weighted by Gasteiger charge is -2.06. The maximum atomic E-state index is 10.6. The van der Waals surface area contributed by atoms with Gasteiger partial charge in [-0.3, -0.25) is 9.79 Å². The van der Waals surface area contributed by atoms with Gasteiger partial charge in [-0.05, 0) is 32.6 Å². The number of esters is 1. The molecule has 0 saturated heterocycles. The van der Waals surface area contributed by atoms with Crippen LogP contribution in [-0.4, -0.2) is 35.8 Å². The Morgan fingerprint density at radius 2 is 2.14 bits per heavy atom. The van der Waals surface area contributed by atoms with E-state index in [1.54, 1.807) is 7.05 Å². The van der Waals surface area contributed by atoms with E-state index in [0.29, 0.717) is 24.1 Å². The maximum absolute atomic E-state index is 10.6. The highest BCUT2D eigenvalue weighted by molar-refractivity contribution is 5.71. The minimum absolute atomic E-state index is 0.229. The number of unbranched alkanes of at least 4 members (excludes halogenated alkanes) is 3. The first kappa shape index (κ1) is 16.9. The van der Waals surface area contributed by atoms with E-state index in [2.05, 4.69) is 20.3 Å². The Balaban J connectivity index is 2.35. The van der Waals surface area contributed by atoms with Crippen LogP contribution >= 0.6 is 0 Å². The highest BCUT2D eigenvalue weighted by atomic mass is 16.5. The first-order chi connectivity index (χ1) is 10.0. The van der Waals surface area contributed by atoms with Gasteiger partial charge in [0.25, 0.3) is 0 Å². The molecule has 0 aliphatic rings. The Bertz CT molecular complexity index is 479. The zero-order chi connectivity index (χ0) is 15.7. The molecule has 116 valence electrons. The second-order valence-corrected chi connectivity index (χ2v) is 4.62. The molecule has 0 fully saturated rings. The van der Waals surface area contributed by atoms with Crippen LogP contribution in [0.4, 0.5) is 17.5 Å². The van der Waals surface area contributed by atoms with Crippen molar-refractivity contribution in [1.82, 2.24) is 9.97 Å². The molecule has 0 bridgehead atoms. The molecule has 3 N–H and O–H groups in total. The van der Waals surface area contributed by atoms with Gasteiger partial charge in [0.05, 0.1) is 12.3 Å². The smallest absolute Gasteiger partial charge is 0.302 e. The Hall–Kier alpha value is -2.18. The third-order valence-corrected chi connectivity index (χ3v) is 2.81. The van der Waals surface area contributed by atoms with Crippen LogP contribution in [0.15, 0.2) is 4.99 Å². The van der Waals surface area contributed by atoms with E-state index in [-0.39, 0.29) is 5.97 Å². The summed E-state index contributed by atoms with van der Waals surface area (Å²) in [6, 6.07) is 0. The second kappa shape index (κ2) is 8.89. The predicted octanol–water partition coefficient (Wildman–Crippen LogP) is 2.23. The van der Waals surface area contributed by atoms with Crippen molar-refractivity contribution < 1.29 is 9.53 Å². The van der Waals surface area contributed by atoms with Crippen molar-refractivity contribution >= 4 is 29.6 Å². The van der Waals surface area contributed by atoms with Gasteiger partial charge in [0.15, 0.2) is 5.82 Å². The third-order valence-electron chi connectivity index (χ3n) is 2.81. The zero-order valence-electron chi connectivity index (χ0n) is 12.8. The summed E-state index contributed by atoms with van der Waals surface area (Å²) in [4.78, 5) is 23.3. The summed E-state index contributed by atoms with van der Waals surface area (Å²) in [6.07, 6.45) is 5.51. The lowest BCUT2D eigenvalue weighted by molar-refractivity contribution is -0.141. The number of aliphatic imine (C=N–C) groups is 1. The number of ether oxygens (including phenoxy) is 1. The molecule has 0 aromatic carbocycles. The number of carbonyl (C=O) groups is 1. The molecule has 1 rings (SSSR count). The Morgan fingerprint density at radius 1 is 1.38 bits per heavy atom. The van der Waals surface area contributed by atoms with Crippen LogP contribution in [0.25, 0.3) is 0 Å². The van der Waals surface area contributed by atoms with E-state index in [1.807, 2.05) is 13.1 Å². The molecule has 0 saturated carbocycles. The first-order valence-electron chi connectivity index (χ1n) is 7.02. The molecule has 7 heteroatoms. The number of rotatable bonds is 8. The number of hydrogen-bond acceptors (Lipinski definition) is 7. The predicted molar refractivity (Wildman–Crippen MR) is 84.0 cm³/mol. The van der Waals surface area contributed by atoms with Gasteiger partial charge < -0.3 is 15.8 Å². The highest BCUT2D eigenvalue weighted by Crippen LogP contribution is 2.24. The van der Waals surface area contributed by atoms with Gasteiger partial charge in [-0.2, -0.15) is 4.98 Å². The molecule has 1 aromatic rings. The normalized spacial score (nSPS) is 10.8. The summed E-state index contributed by atoms with van der Waals surface area (Å²) >= 11 is 0. The minimum atomic E-state index is -0.229. The standard InChI is InChI=1S/C14H23N5O2/c1-10-12(13(15)19-14(16-3)18-10)17-8-6-4-5-7-9-21-11(2)20/h8H,4-7,9H2,1-3H3,(H3,15,16,18,19). The van der Waals surface area contributed by atoms with Gasteiger partial charge in [0, 0.05) is 20.2 Å². The topological polar surface area (TPSA) is 102 Å². The lowest BCUT2D eigenvalue weighted by atomic mass is 10.2. The molecule has 21 heavy (non-hydrogen) atoms. The quantitative estimate of drug-likeness (QED) is 0.433. The zero-order valence-corrected chi connectivity index (χ0v) is 12.8. The molecule has 0 radical (unpaired) electrons. The van der Waals surface area contributed by atoms with Crippen LogP contribution in [0.2, 0.25) is 0 Å². The van der Waals surface area contributed by atoms with Crippen molar-refractivity contribution in [2.45, 2.75) is 39.5 Å². The number of hydrogen-bond donors (Lipinski definition) is 2. The van der Waals surface area contributed by atoms with Crippen LogP contribution in [0.5, 0.6) is 0 Å². The summed E-state index contributed by atoms with van der Waals surface area (Å²) in [5.41, 5.74) is 7.22. The fraction of sp³-hybridized carbons (Fsp3) is 0.571. The molecule has 0 atom stereocenters. The summed E-state index contributed by atoms with van der Waals surface area (Å²) in [5, 5.41) is 2.85. The first-order valence-corrected chi connectivity index (χ1v) is 7.02. The van der Waals surface area contributed by atoms with E-state index < -0.39 is 0 Å². The van der Waals surface area contributed by atoms with Crippen LogP contribution in [-0.2, 0) is 9.53 Å². The van der Waals surface area contributed by atoms with E-state index in [0.717, 1.165) is 31.4 Å². The number of nitrogen functional groups attached to an aromatic ring is 1. The minimum Gasteiger partial charge on any atom is -0.466 e. The van der Waals surface area contributed by atoms with E-state index in [1.165, 1.54) is 6.92 Å². The van der Waals surface area contributed by atoms with Crippen molar-refractivity contribution in [1.29, 1.82) is 0 Å². The Morgan fingerprint density at radius 3 is 2.76 bits per heavy atom. The summed E-state index contributed by atoms with van der Waals surface area (Å²) in [6.45, 7) is 3.75. The molecular formula is C14H23N5O2. The largest absolute Gasteiger partial charge is 0.466 e.